The minimum Gasteiger partial charge on any atom is -0.496 e. The molecule has 2 nitrogen and oxygen atoms in total. The number of hydrogen-bond acceptors (Lipinski definition) is 3. The lowest BCUT2D eigenvalue weighted by molar-refractivity contribution is 0.411. The molecule has 2 N–H and O–H groups in total. The predicted molar refractivity (Wildman–Crippen MR) is 81.0 cm³/mol. The molecule has 0 saturated heterocycles. The van der Waals surface area contributed by atoms with Gasteiger partial charge in [-0.25, -0.2) is 8.78 Å². The average Bonchev–Trinajstić information content (AvgIpc) is 2.37. The molecule has 2 aromatic rings. The number of benzene rings is 2. The van der Waals surface area contributed by atoms with Gasteiger partial charge in [-0.05, 0) is 30.3 Å². The molecule has 20 heavy (non-hydrogen) atoms. The van der Waals surface area contributed by atoms with Gasteiger partial charge in [-0.2, -0.15) is 0 Å². The monoisotopic (exact) mass is 359 g/mol. The van der Waals surface area contributed by atoms with Crippen molar-refractivity contribution in [2.24, 2.45) is 0 Å². The van der Waals surface area contributed by atoms with Crippen molar-refractivity contribution in [1.29, 1.82) is 0 Å². The molecule has 2 rings (SSSR count). The molecular formula is C14H12BrF2NOS. The van der Waals surface area contributed by atoms with Crippen LogP contribution >= 0.6 is 27.7 Å². The van der Waals surface area contributed by atoms with Crippen molar-refractivity contribution in [3.63, 3.8) is 0 Å². The first-order valence-electron chi connectivity index (χ1n) is 5.71. The van der Waals surface area contributed by atoms with Crippen molar-refractivity contribution in [3.05, 3.63) is 52.0 Å². The highest BCUT2D eigenvalue weighted by Crippen LogP contribution is 2.33. The molecule has 0 aliphatic carbocycles. The molecule has 6 heteroatoms. The van der Waals surface area contributed by atoms with Crippen LogP contribution in [0.15, 0.2) is 39.7 Å². The Labute approximate surface area is 128 Å². The first-order chi connectivity index (χ1) is 9.51. The molecule has 0 unspecified atom stereocenters. The van der Waals surface area contributed by atoms with Gasteiger partial charge in [0.2, 0.25) is 0 Å². The number of methoxy groups -OCH3 is 1. The van der Waals surface area contributed by atoms with Gasteiger partial charge < -0.3 is 10.5 Å². The number of nitrogens with two attached hydrogens (primary N) is 1. The zero-order valence-corrected chi connectivity index (χ0v) is 13.0. The molecule has 0 fully saturated rings. The highest BCUT2D eigenvalue weighted by molar-refractivity contribution is 9.10. The van der Waals surface area contributed by atoms with E-state index in [9.17, 15) is 8.78 Å². The molecule has 0 heterocycles. The van der Waals surface area contributed by atoms with Crippen LogP contribution in [0.25, 0.3) is 0 Å². The van der Waals surface area contributed by atoms with Gasteiger partial charge in [-0.1, -0.05) is 15.9 Å². The number of anilines is 1. The summed E-state index contributed by atoms with van der Waals surface area (Å²) in [5, 5.41) is 0. The first-order valence-corrected chi connectivity index (χ1v) is 7.49. The second-order valence-electron chi connectivity index (χ2n) is 4.06. The van der Waals surface area contributed by atoms with E-state index in [-0.39, 0.29) is 10.6 Å². The SMILES string of the molecule is COc1ccc(Br)cc1CSc1c(F)cc(N)cc1F. The Morgan fingerprint density at radius 1 is 1.20 bits per heavy atom. The van der Waals surface area contributed by atoms with E-state index in [1.807, 2.05) is 12.1 Å². The fourth-order valence-electron chi connectivity index (χ4n) is 1.73. The van der Waals surface area contributed by atoms with Crippen LogP contribution < -0.4 is 10.5 Å². The summed E-state index contributed by atoms with van der Waals surface area (Å²) in [6, 6.07) is 7.74. The minimum absolute atomic E-state index is 0.0405. The molecule has 0 spiro atoms. The molecular weight excluding hydrogens is 348 g/mol. The van der Waals surface area contributed by atoms with Crippen molar-refractivity contribution < 1.29 is 13.5 Å². The third-order valence-electron chi connectivity index (χ3n) is 2.64. The van der Waals surface area contributed by atoms with Gasteiger partial charge in [0.1, 0.15) is 17.4 Å². The van der Waals surface area contributed by atoms with Crippen LogP contribution in [0.3, 0.4) is 0 Å². The fraction of sp³-hybridized carbons (Fsp3) is 0.143. The number of hydrogen-bond donors (Lipinski definition) is 1. The maximum absolute atomic E-state index is 13.7. The van der Waals surface area contributed by atoms with E-state index in [1.165, 1.54) is 0 Å². The van der Waals surface area contributed by atoms with Crippen LogP contribution in [0.5, 0.6) is 5.75 Å². The second-order valence-corrected chi connectivity index (χ2v) is 5.96. The standard InChI is InChI=1S/C14H12BrF2NOS/c1-19-13-3-2-9(15)4-8(13)7-20-14-11(16)5-10(18)6-12(14)17/h2-6H,7,18H2,1H3. The molecule has 0 aliphatic rings. The summed E-state index contributed by atoms with van der Waals surface area (Å²) in [7, 11) is 1.56. The summed E-state index contributed by atoms with van der Waals surface area (Å²) in [6.45, 7) is 0. The van der Waals surface area contributed by atoms with E-state index < -0.39 is 11.6 Å². The zero-order valence-electron chi connectivity index (χ0n) is 10.6. The second kappa shape index (κ2) is 6.45. The highest BCUT2D eigenvalue weighted by Gasteiger charge is 2.13. The van der Waals surface area contributed by atoms with Crippen LogP contribution in [-0.4, -0.2) is 7.11 Å². The molecule has 0 bridgehead atoms. The quantitative estimate of drug-likeness (QED) is 0.639. The lowest BCUT2D eigenvalue weighted by Gasteiger charge is -2.10. The van der Waals surface area contributed by atoms with Gasteiger partial charge in [-0.15, -0.1) is 11.8 Å². The molecule has 0 atom stereocenters. The van der Waals surface area contributed by atoms with E-state index in [4.69, 9.17) is 10.5 Å². The number of rotatable bonds is 4. The summed E-state index contributed by atoms with van der Waals surface area (Å²) >= 11 is 4.43. The fourth-order valence-corrected chi connectivity index (χ4v) is 3.05. The Hall–Kier alpha value is -1.27. The Bertz CT molecular complexity index is 614. The summed E-state index contributed by atoms with van der Waals surface area (Å²) in [4.78, 5) is -0.0405. The van der Waals surface area contributed by atoms with Gasteiger partial charge >= 0.3 is 0 Å². The van der Waals surface area contributed by atoms with Gasteiger partial charge in [0.25, 0.3) is 0 Å². The zero-order chi connectivity index (χ0) is 14.7. The molecule has 0 saturated carbocycles. The summed E-state index contributed by atoms with van der Waals surface area (Å²) in [5.74, 6) is -0.236. The smallest absolute Gasteiger partial charge is 0.141 e. The lowest BCUT2D eigenvalue weighted by atomic mass is 10.2. The molecule has 0 radical (unpaired) electrons. The normalized spacial score (nSPS) is 10.6. The summed E-state index contributed by atoms with van der Waals surface area (Å²) < 4.78 is 33.5. The maximum atomic E-state index is 13.7. The summed E-state index contributed by atoms with van der Waals surface area (Å²) in [5.41, 5.74) is 6.31. The first kappa shape index (κ1) is 15.1. The van der Waals surface area contributed by atoms with Crippen molar-refractivity contribution in [2.45, 2.75) is 10.6 Å². The van der Waals surface area contributed by atoms with Crippen molar-refractivity contribution in [2.75, 3.05) is 12.8 Å². The van der Waals surface area contributed by atoms with E-state index in [0.717, 1.165) is 33.9 Å². The Kier molecular flexibility index (Phi) is 4.88. The van der Waals surface area contributed by atoms with Crippen molar-refractivity contribution in [3.8, 4) is 5.75 Å². The van der Waals surface area contributed by atoms with Gasteiger partial charge in [-0.3, -0.25) is 0 Å². The summed E-state index contributed by atoms with van der Waals surface area (Å²) in [6.07, 6.45) is 0. The predicted octanol–water partition coefficient (Wildman–Crippen LogP) is 4.61. The highest BCUT2D eigenvalue weighted by atomic mass is 79.9. The Balaban J connectivity index is 2.23. The number of thioether (sulfide) groups is 1. The largest absolute Gasteiger partial charge is 0.496 e. The van der Waals surface area contributed by atoms with E-state index >= 15 is 0 Å². The number of ether oxygens (including phenoxy) is 1. The molecule has 2 aromatic carbocycles. The van der Waals surface area contributed by atoms with E-state index in [0.29, 0.717) is 11.5 Å². The van der Waals surface area contributed by atoms with Crippen molar-refractivity contribution in [1.82, 2.24) is 0 Å². The van der Waals surface area contributed by atoms with Crippen LogP contribution in [0.2, 0.25) is 0 Å². The Morgan fingerprint density at radius 3 is 2.45 bits per heavy atom. The van der Waals surface area contributed by atoms with Gasteiger partial charge in [0.15, 0.2) is 0 Å². The van der Waals surface area contributed by atoms with Crippen LogP contribution in [-0.2, 0) is 5.75 Å². The third-order valence-corrected chi connectivity index (χ3v) is 4.26. The van der Waals surface area contributed by atoms with E-state index in [2.05, 4.69) is 15.9 Å². The molecule has 106 valence electrons. The molecule has 0 amide bonds. The van der Waals surface area contributed by atoms with Gasteiger partial charge in [0, 0.05) is 21.5 Å². The van der Waals surface area contributed by atoms with Crippen molar-refractivity contribution >= 4 is 33.4 Å². The van der Waals surface area contributed by atoms with E-state index in [1.54, 1.807) is 13.2 Å². The minimum atomic E-state index is -0.651. The molecule has 0 aliphatic heterocycles. The number of nitrogen functional groups attached to an aromatic ring is 1. The topological polar surface area (TPSA) is 35.2 Å². The third kappa shape index (κ3) is 3.43. The average molecular weight is 360 g/mol. The van der Waals surface area contributed by atoms with Gasteiger partial charge in [0.05, 0.1) is 12.0 Å². The number of halogens is 3. The van der Waals surface area contributed by atoms with Crippen LogP contribution in [0, 0.1) is 11.6 Å². The lowest BCUT2D eigenvalue weighted by Crippen LogP contribution is -1.95. The van der Waals surface area contributed by atoms with Crippen LogP contribution in [0.1, 0.15) is 5.56 Å². The molecule has 0 aromatic heterocycles. The maximum Gasteiger partial charge on any atom is 0.141 e. The van der Waals surface area contributed by atoms with Crippen LogP contribution in [0.4, 0.5) is 14.5 Å². The Morgan fingerprint density at radius 2 is 1.85 bits per heavy atom.